The van der Waals surface area contributed by atoms with Crippen molar-refractivity contribution in [2.45, 2.75) is 11.8 Å². The topological polar surface area (TPSA) is 46.2 Å². The van der Waals surface area contributed by atoms with Crippen LogP contribution in [0.25, 0.3) is 10.8 Å². The normalized spacial score (nSPS) is 11.9. The molecule has 0 aliphatic heterocycles. The standard InChI is InChI=1S/C12H13NO2S/c1-9-5-3-7-11-10(9)6-4-8-12(11)16(14,15)13-2/h3-8,13H,1-2H3. The highest BCUT2D eigenvalue weighted by atomic mass is 32.2. The van der Waals surface area contributed by atoms with Gasteiger partial charge in [-0.25, -0.2) is 13.1 Å². The van der Waals surface area contributed by atoms with Gasteiger partial charge >= 0.3 is 0 Å². The lowest BCUT2D eigenvalue weighted by Gasteiger charge is -2.08. The minimum absolute atomic E-state index is 0.330. The van der Waals surface area contributed by atoms with E-state index in [1.807, 2.05) is 31.2 Å². The molecule has 0 saturated heterocycles. The molecule has 0 radical (unpaired) electrons. The first-order chi connectivity index (χ1) is 7.56. The highest BCUT2D eigenvalue weighted by molar-refractivity contribution is 7.89. The van der Waals surface area contributed by atoms with Crippen molar-refractivity contribution in [2.24, 2.45) is 0 Å². The van der Waals surface area contributed by atoms with Gasteiger partial charge in [0.2, 0.25) is 10.0 Å². The van der Waals surface area contributed by atoms with E-state index >= 15 is 0 Å². The third-order valence-electron chi connectivity index (χ3n) is 2.66. The molecule has 2 aromatic carbocycles. The average Bonchev–Trinajstić information content (AvgIpc) is 2.29. The molecule has 0 atom stereocenters. The quantitative estimate of drug-likeness (QED) is 0.866. The summed E-state index contributed by atoms with van der Waals surface area (Å²) in [5, 5.41) is 1.73. The minimum atomic E-state index is -3.39. The molecule has 16 heavy (non-hydrogen) atoms. The van der Waals surface area contributed by atoms with Gasteiger partial charge in [-0.1, -0.05) is 30.3 Å². The molecule has 2 aromatic rings. The molecule has 0 unspecified atom stereocenters. The number of benzene rings is 2. The van der Waals surface area contributed by atoms with Gasteiger partial charge in [0.1, 0.15) is 0 Å². The first kappa shape index (κ1) is 11.1. The number of rotatable bonds is 2. The Bertz CT molecular complexity index is 633. The summed E-state index contributed by atoms with van der Waals surface area (Å²) in [6.45, 7) is 1.97. The van der Waals surface area contributed by atoms with E-state index in [9.17, 15) is 8.42 Å². The van der Waals surface area contributed by atoms with Crippen molar-refractivity contribution >= 4 is 20.8 Å². The van der Waals surface area contributed by atoms with Crippen LogP contribution in [0.5, 0.6) is 0 Å². The fourth-order valence-electron chi connectivity index (χ4n) is 1.78. The molecule has 0 heterocycles. The Balaban J connectivity index is 2.88. The number of aryl methyl sites for hydroxylation is 1. The molecule has 3 nitrogen and oxygen atoms in total. The van der Waals surface area contributed by atoms with Crippen LogP contribution in [0.3, 0.4) is 0 Å². The van der Waals surface area contributed by atoms with Crippen molar-refractivity contribution in [1.29, 1.82) is 0 Å². The van der Waals surface area contributed by atoms with E-state index in [1.165, 1.54) is 7.05 Å². The highest BCUT2D eigenvalue weighted by Gasteiger charge is 2.14. The van der Waals surface area contributed by atoms with E-state index in [0.717, 1.165) is 16.3 Å². The summed E-state index contributed by atoms with van der Waals surface area (Å²) in [6, 6.07) is 11.0. The summed E-state index contributed by atoms with van der Waals surface area (Å²) in [5.41, 5.74) is 1.07. The number of sulfonamides is 1. The Kier molecular flexibility index (Phi) is 2.69. The van der Waals surface area contributed by atoms with Crippen LogP contribution < -0.4 is 4.72 Å². The first-order valence-electron chi connectivity index (χ1n) is 4.98. The monoisotopic (exact) mass is 235 g/mol. The van der Waals surface area contributed by atoms with Crippen molar-refractivity contribution in [3.63, 3.8) is 0 Å². The van der Waals surface area contributed by atoms with Gasteiger partial charge in [-0.3, -0.25) is 0 Å². The van der Waals surface area contributed by atoms with Crippen molar-refractivity contribution in [3.05, 3.63) is 42.0 Å². The molecule has 2 rings (SSSR count). The fraction of sp³-hybridized carbons (Fsp3) is 0.167. The highest BCUT2D eigenvalue weighted by Crippen LogP contribution is 2.24. The fourth-order valence-corrected chi connectivity index (χ4v) is 2.73. The number of nitrogens with one attached hydrogen (secondary N) is 1. The molecule has 0 aliphatic carbocycles. The molecule has 0 amide bonds. The number of fused-ring (bicyclic) bond motifs is 1. The average molecular weight is 235 g/mol. The van der Waals surface area contributed by atoms with Crippen LogP contribution >= 0.6 is 0 Å². The second-order valence-corrected chi connectivity index (χ2v) is 5.49. The van der Waals surface area contributed by atoms with Crippen LogP contribution in [0, 0.1) is 6.92 Å². The SMILES string of the molecule is CNS(=O)(=O)c1cccc2c(C)cccc12. The Labute approximate surface area is 95.2 Å². The molecular formula is C12H13NO2S. The molecule has 0 aliphatic rings. The Morgan fingerprint density at radius 2 is 1.62 bits per heavy atom. The van der Waals surface area contributed by atoms with Crippen molar-refractivity contribution in [2.75, 3.05) is 7.05 Å². The van der Waals surface area contributed by atoms with E-state index in [1.54, 1.807) is 12.1 Å². The molecule has 0 spiro atoms. The van der Waals surface area contributed by atoms with E-state index in [2.05, 4.69) is 4.72 Å². The summed E-state index contributed by atoms with van der Waals surface area (Å²) in [4.78, 5) is 0.330. The predicted octanol–water partition coefficient (Wildman–Crippen LogP) is 2.06. The van der Waals surface area contributed by atoms with Crippen LogP contribution in [0.4, 0.5) is 0 Å². The largest absolute Gasteiger partial charge is 0.240 e. The predicted molar refractivity (Wildman–Crippen MR) is 64.9 cm³/mol. The lowest BCUT2D eigenvalue weighted by atomic mass is 10.1. The maximum atomic E-state index is 11.8. The second-order valence-electron chi connectivity index (χ2n) is 3.63. The van der Waals surface area contributed by atoms with Gasteiger partial charge < -0.3 is 0 Å². The summed E-state index contributed by atoms with van der Waals surface area (Å²) >= 11 is 0. The molecule has 0 fully saturated rings. The molecule has 0 saturated carbocycles. The number of hydrogen-bond donors (Lipinski definition) is 1. The van der Waals surface area contributed by atoms with Gasteiger partial charge in [0, 0.05) is 5.39 Å². The molecule has 0 bridgehead atoms. The lowest BCUT2D eigenvalue weighted by Crippen LogP contribution is -2.18. The van der Waals surface area contributed by atoms with Crippen LogP contribution in [0.2, 0.25) is 0 Å². The van der Waals surface area contributed by atoms with Crippen molar-refractivity contribution in [1.82, 2.24) is 4.72 Å². The second kappa shape index (κ2) is 3.88. The zero-order chi connectivity index (χ0) is 11.8. The van der Waals surface area contributed by atoms with Gasteiger partial charge in [-0.05, 0) is 31.0 Å². The van der Waals surface area contributed by atoms with E-state index in [0.29, 0.717) is 4.90 Å². The van der Waals surface area contributed by atoms with E-state index < -0.39 is 10.0 Å². The number of hydrogen-bond acceptors (Lipinski definition) is 2. The molecule has 84 valence electrons. The summed E-state index contributed by atoms with van der Waals surface area (Å²) in [6.07, 6.45) is 0. The molecule has 1 N–H and O–H groups in total. The summed E-state index contributed by atoms with van der Waals surface area (Å²) < 4.78 is 26.0. The van der Waals surface area contributed by atoms with Gasteiger partial charge in [-0.2, -0.15) is 0 Å². The van der Waals surface area contributed by atoms with E-state index in [4.69, 9.17) is 0 Å². The summed E-state index contributed by atoms with van der Waals surface area (Å²) in [5.74, 6) is 0. The third kappa shape index (κ3) is 1.70. The zero-order valence-corrected chi connectivity index (χ0v) is 10.0. The maximum absolute atomic E-state index is 11.8. The van der Waals surface area contributed by atoms with Crippen LogP contribution in [-0.2, 0) is 10.0 Å². The maximum Gasteiger partial charge on any atom is 0.240 e. The smallest absolute Gasteiger partial charge is 0.214 e. The summed E-state index contributed by atoms with van der Waals surface area (Å²) in [7, 11) is -1.97. The minimum Gasteiger partial charge on any atom is -0.214 e. The van der Waals surface area contributed by atoms with E-state index in [-0.39, 0.29) is 0 Å². The Morgan fingerprint density at radius 3 is 2.31 bits per heavy atom. The van der Waals surface area contributed by atoms with Crippen LogP contribution in [0.1, 0.15) is 5.56 Å². The van der Waals surface area contributed by atoms with Crippen LogP contribution in [-0.4, -0.2) is 15.5 Å². The molecule has 0 aromatic heterocycles. The van der Waals surface area contributed by atoms with Gasteiger partial charge in [0.15, 0.2) is 0 Å². The van der Waals surface area contributed by atoms with Crippen molar-refractivity contribution in [3.8, 4) is 0 Å². The van der Waals surface area contributed by atoms with Crippen molar-refractivity contribution < 1.29 is 8.42 Å². The van der Waals surface area contributed by atoms with Gasteiger partial charge in [0.25, 0.3) is 0 Å². The first-order valence-corrected chi connectivity index (χ1v) is 6.46. The Hall–Kier alpha value is -1.39. The molecular weight excluding hydrogens is 222 g/mol. The third-order valence-corrected chi connectivity index (χ3v) is 4.13. The molecule has 4 heteroatoms. The van der Waals surface area contributed by atoms with Gasteiger partial charge in [-0.15, -0.1) is 0 Å². The Morgan fingerprint density at radius 1 is 1.00 bits per heavy atom. The van der Waals surface area contributed by atoms with Crippen LogP contribution in [0.15, 0.2) is 41.3 Å². The lowest BCUT2D eigenvalue weighted by molar-refractivity contribution is 0.589. The zero-order valence-electron chi connectivity index (χ0n) is 9.19. The van der Waals surface area contributed by atoms with Gasteiger partial charge in [0.05, 0.1) is 4.90 Å².